The third-order valence-electron chi connectivity index (χ3n) is 2.03. The molecule has 0 aliphatic carbocycles. The molecule has 0 aliphatic rings. The molecule has 0 fully saturated rings. The van der Waals surface area contributed by atoms with E-state index in [2.05, 4.69) is 10.3 Å². The predicted molar refractivity (Wildman–Crippen MR) is 61.2 cm³/mol. The van der Waals surface area contributed by atoms with Crippen molar-refractivity contribution in [1.82, 2.24) is 4.98 Å². The summed E-state index contributed by atoms with van der Waals surface area (Å²) in [5, 5.41) is 4.39. The molecule has 0 radical (unpaired) electrons. The Hall–Kier alpha value is -1.82. The van der Waals surface area contributed by atoms with Crippen molar-refractivity contribution < 1.29 is 13.6 Å². The lowest BCUT2D eigenvalue weighted by Gasteiger charge is -2.03. The molecule has 17 heavy (non-hydrogen) atoms. The fourth-order valence-electron chi connectivity index (χ4n) is 1.29. The fraction of sp³-hybridized carbons (Fsp3) is 0.0909. The van der Waals surface area contributed by atoms with Crippen LogP contribution in [0, 0.1) is 18.6 Å². The molecule has 3 nitrogen and oxygen atoms in total. The van der Waals surface area contributed by atoms with Crippen molar-refractivity contribution in [2.45, 2.75) is 6.92 Å². The van der Waals surface area contributed by atoms with Crippen LogP contribution in [0.15, 0.2) is 23.6 Å². The number of amides is 1. The molecule has 1 heterocycles. The third-order valence-corrected chi connectivity index (χ3v) is 2.90. The zero-order chi connectivity index (χ0) is 12.4. The van der Waals surface area contributed by atoms with Gasteiger partial charge in [-0.15, -0.1) is 11.3 Å². The summed E-state index contributed by atoms with van der Waals surface area (Å²) in [6.45, 7) is 1.76. The van der Waals surface area contributed by atoms with Crippen molar-refractivity contribution in [3.8, 4) is 0 Å². The maximum absolute atomic E-state index is 13.3. The number of hydrogen-bond donors (Lipinski definition) is 1. The lowest BCUT2D eigenvalue weighted by molar-refractivity contribution is 0.101. The standard InChI is InChI=1S/C11H8F2N2OS/c1-6-5-17-11(14-6)15-10(16)9-7(12)3-2-4-8(9)13/h2-5H,1H3,(H,14,15,16). The zero-order valence-corrected chi connectivity index (χ0v) is 9.65. The van der Waals surface area contributed by atoms with Crippen LogP contribution in [0.4, 0.5) is 13.9 Å². The number of carbonyl (C=O) groups is 1. The van der Waals surface area contributed by atoms with Gasteiger partial charge in [-0.05, 0) is 19.1 Å². The molecule has 0 bridgehead atoms. The summed E-state index contributed by atoms with van der Waals surface area (Å²) in [6.07, 6.45) is 0. The maximum Gasteiger partial charge on any atom is 0.263 e. The number of aromatic nitrogens is 1. The van der Waals surface area contributed by atoms with E-state index in [-0.39, 0.29) is 0 Å². The number of halogens is 2. The van der Waals surface area contributed by atoms with Gasteiger partial charge in [0.25, 0.3) is 5.91 Å². The van der Waals surface area contributed by atoms with Crippen LogP contribution in [0.2, 0.25) is 0 Å². The number of anilines is 1. The van der Waals surface area contributed by atoms with Gasteiger partial charge in [0.1, 0.15) is 17.2 Å². The first-order valence-corrected chi connectivity index (χ1v) is 5.63. The van der Waals surface area contributed by atoms with E-state index in [1.54, 1.807) is 12.3 Å². The average Bonchev–Trinajstić information content (AvgIpc) is 2.63. The molecule has 1 N–H and O–H groups in total. The Morgan fingerprint density at radius 3 is 2.53 bits per heavy atom. The highest BCUT2D eigenvalue weighted by Gasteiger charge is 2.17. The lowest BCUT2D eigenvalue weighted by Crippen LogP contribution is -2.15. The second kappa shape index (κ2) is 4.58. The summed E-state index contributed by atoms with van der Waals surface area (Å²) in [4.78, 5) is 15.6. The van der Waals surface area contributed by atoms with E-state index in [0.717, 1.165) is 17.8 Å². The summed E-state index contributed by atoms with van der Waals surface area (Å²) in [6, 6.07) is 3.27. The van der Waals surface area contributed by atoms with Gasteiger partial charge in [-0.3, -0.25) is 10.1 Å². The van der Waals surface area contributed by atoms with Crippen LogP contribution >= 0.6 is 11.3 Å². The van der Waals surface area contributed by atoms with Crippen molar-refractivity contribution in [3.63, 3.8) is 0 Å². The van der Waals surface area contributed by atoms with E-state index in [1.165, 1.54) is 17.4 Å². The highest BCUT2D eigenvalue weighted by atomic mass is 32.1. The Kier molecular flexibility index (Phi) is 3.14. The van der Waals surface area contributed by atoms with Gasteiger partial charge in [0.2, 0.25) is 0 Å². The normalized spacial score (nSPS) is 10.3. The molecule has 1 amide bonds. The van der Waals surface area contributed by atoms with Crippen LogP contribution in [0.3, 0.4) is 0 Å². The van der Waals surface area contributed by atoms with Gasteiger partial charge < -0.3 is 0 Å². The van der Waals surface area contributed by atoms with Crippen LogP contribution in [-0.4, -0.2) is 10.9 Å². The number of aryl methyl sites for hydroxylation is 1. The second-order valence-electron chi connectivity index (χ2n) is 3.34. The zero-order valence-electron chi connectivity index (χ0n) is 8.83. The first-order valence-electron chi connectivity index (χ1n) is 4.75. The topological polar surface area (TPSA) is 42.0 Å². The number of nitrogens with one attached hydrogen (secondary N) is 1. The third kappa shape index (κ3) is 2.47. The van der Waals surface area contributed by atoms with Gasteiger partial charge in [0.05, 0.1) is 5.69 Å². The van der Waals surface area contributed by atoms with E-state index in [0.29, 0.717) is 5.13 Å². The van der Waals surface area contributed by atoms with Gasteiger partial charge in [-0.25, -0.2) is 13.8 Å². The quantitative estimate of drug-likeness (QED) is 0.895. The maximum atomic E-state index is 13.3. The van der Waals surface area contributed by atoms with Crippen molar-refractivity contribution in [3.05, 3.63) is 46.5 Å². The molecule has 0 atom stereocenters. The number of rotatable bonds is 2. The van der Waals surface area contributed by atoms with Crippen LogP contribution in [-0.2, 0) is 0 Å². The number of nitrogens with zero attached hydrogens (tertiary/aromatic N) is 1. The monoisotopic (exact) mass is 254 g/mol. The van der Waals surface area contributed by atoms with Crippen LogP contribution in [0.1, 0.15) is 16.1 Å². The second-order valence-corrected chi connectivity index (χ2v) is 4.20. The van der Waals surface area contributed by atoms with Crippen molar-refractivity contribution in [1.29, 1.82) is 0 Å². The minimum absolute atomic E-state index is 0.315. The lowest BCUT2D eigenvalue weighted by atomic mass is 10.2. The molecule has 0 spiro atoms. The summed E-state index contributed by atoms with van der Waals surface area (Å²) >= 11 is 1.20. The van der Waals surface area contributed by atoms with Crippen LogP contribution in [0.5, 0.6) is 0 Å². The van der Waals surface area contributed by atoms with Crippen LogP contribution in [0.25, 0.3) is 0 Å². The van der Waals surface area contributed by atoms with Crippen molar-refractivity contribution >= 4 is 22.4 Å². The number of benzene rings is 1. The highest BCUT2D eigenvalue weighted by molar-refractivity contribution is 7.13. The molecule has 2 rings (SSSR count). The first kappa shape index (κ1) is 11.7. The number of thiazole rings is 1. The number of carbonyl (C=O) groups excluding carboxylic acids is 1. The van der Waals surface area contributed by atoms with Crippen LogP contribution < -0.4 is 5.32 Å². The Morgan fingerprint density at radius 1 is 1.35 bits per heavy atom. The smallest absolute Gasteiger partial charge is 0.263 e. The molecular weight excluding hydrogens is 246 g/mol. The summed E-state index contributed by atoms with van der Waals surface area (Å²) < 4.78 is 26.6. The molecule has 88 valence electrons. The van der Waals surface area contributed by atoms with Gasteiger partial charge in [0.15, 0.2) is 5.13 Å². The van der Waals surface area contributed by atoms with E-state index in [4.69, 9.17) is 0 Å². The molecule has 0 unspecified atom stereocenters. The van der Waals surface area contributed by atoms with E-state index >= 15 is 0 Å². The molecule has 1 aromatic heterocycles. The predicted octanol–water partition coefficient (Wildman–Crippen LogP) is 2.98. The van der Waals surface area contributed by atoms with E-state index in [9.17, 15) is 13.6 Å². The summed E-state index contributed by atoms with van der Waals surface area (Å²) in [5.41, 5.74) is 0.139. The summed E-state index contributed by atoms with van der Waals surface area (Å²) in [7, 11) is 0. The average molecular weight is 254 g/mol. The number of hydrogen-bond acceptors (Lipinski definition) is 3. The Labute approximate surface area is 100 Å². The van der Waals surface area contributed by atoms with Gasteiger partial charge in [-0.2, -0.15) is 0 Å². The largest absolute Gasteiger partial charge is 0.298 e. The molecule has 2 aromatic rings. The van der Waals surface area contributed by atoms with Gasteiger partial charge >= 0.3 is 0 Å². The first-order chi connectivity index (χ1) is 8.08. The SMILES string of the molecule is Cc1csc(NC(=O)c2c(F)cccc2F)n1. The van der Waals surface area contributed by atoms with Crippen molar-refractivity contribution in [2.75, 3.05) is 5.32 Å². The summed E-state index contributed by atoms with van der Waals surface area (Å²) in [5.74, 6) is -2.62. The van der Waals surface area contributed by atoms with Crippen molar-refractivity contribution in [2.24, 2.45) is 0 Å². The van der Waals surface area contributed by atoms with Gasteiger partial charge in [-0.1, -0.05) is 6.07 Å². The molecule has 0 saturated carbocycles. The molecule has 0 saturated heterocycles. The molecule has 6 heteroatoms. The highest BCUT2D eigenvalue weighted by Crippen LogP contribution is 2.18. The van der Waals surface area contributed by atoms with Gasteiger partial charge in [0, 0.05) is 5.38 Å². The fourth-order valence-corrected chi connectivity index (χ4v) is 1.97. The Balaban J connectivity index is 2.26. The molecular formula is C11H8F2N2OS. The molecule has 1 aromatic carbocycles. The Morgan fingerprint density at radius 2 is 2.00 bits per heavy atom. The molecule has 0 aliphatic heterocycles. The van der Waals surface area contributed by atoms with E-state index < -0.39 is 23.1 Å². The minimum atomic E-state index is -0.893. The van der Waals surface area contributed by atoms with E-state index in [1.807, 2.05) is 0 Å². The minimum Gasteiger partial charge on any atom is -0.298 e. The Bertz CT molecular complexity index is 548.